The van der Waals surface area contributed by atoms with Crippen molar-refractivity contribution in [2.75, 3.05) is 13.2 Å². The van der Waals surface area contributed by atoms with Crippen molar-refractivity contribution in [1.29, 1.82) is 0 Å². The zero-order valence-electron chi connectivity index (χ0n) is 12.3. The van der Waals surface area contributed by atoms with Crippen molar-refractivity contribution >= 4 is 21.4 Å². The van der Waals surface area contributed by atoms with Gasteiger partial charge in [0.1, 0.15) is 0 Å². The molecule has 108 valence electrons. The van der Waals surface area contributed by atoms with Crippen molar-refractivity contribution in [3.63, 3.8) is 0 Å². The van der Waals surface area contributed by atoms with Crippen LogP contribution < -0.4 is 5.32 Å². The van der Waals surface area contributed by atoms with Gasteiger partial charge in [0, 0.05) is 16.7 Å². The molecule has 2 aromatic rings. The summed E-state index contributed by atoms with van der Waals surface area (Å²) in [6.07, 6.45) is 2.73. The normalized spacial score (nSPS) is 24.3. The molecule has 0 spiro atoms. The maximum atomic E-state index is 5.80. The molecule has 0 amide bonds. The van der Waals surface area contributed by atoms with E-state index in [1.807, 2.05) is 11.3 Å². The van der Waals surface area contributed by atoms with E-state index in [2.05, 4.69) is 48.8 Å². The Hall–Kier alpha value is -0.900. The Morgan fingerprint density at radius 3 is 3.00 bits per heavy atom. The lowest BCUT2D eigenvalue weighted by Gasteiger charge is -2.24. The maximum Gasteiger partial charge on any atom is 0.0551 e. The Balaban J connectivity index is 1.91. The summed E-state index contributed by atoms with van der Waals surface area (Å²) in [6.45, 7) is 6.36. The topological polar surface area (TPSA) is 21.3 Å². The molecule has 1 aliphatic rings. The third kappa shape index (κ3) is 2.76. The molecule has 2 heterocycles. The highest BCUT2D eigenvalue weighted by Gasteiger charge is 2.31. The first-order valence-electron chi connectivity index (χ1n) is 7.60. The fourth-order valence-corrected chi connectivity index (χ4v) is 4.15. The van der Waals surface area contributed by atoms with Crippen LogP contribution in [0.2, 0.25) is 0 Å². The molecule has 0 bridgehead atoms. The minimum absolute atomic E-state index is 0.399. The van der Waals surface area contributed by atoms with Crippen LogP contribution in [-0.2, 0) is 4.74 Å². The molecule has 1 aromatic carbocycles. The highest BCUT2D eigenvalue weighted by atomic mass is 32.1. The SMILES string of the molecule is CCCNC(c1csc2ccccc12)C1COC(C)C1. The van der Waals surface area contributed by atoms with E-state index in [0.29, 0.717) is 18.1 Å². The van der Waals surface area contributed by atoms with Crippen LogP contribution >= 0.6 is 11.3 Å². The van der Waals surface area contributed by atoms with Crippen LogP contribution in [0, 0.1) is 5.92 Å². The predicted octanol–water partition coefficient (Wildman–Crippen LogP) is 4.37. The standard InChI is InChI=1S/C17H23NOS/c1-3-8-18-17(13-9-12(2)19-10-13)15-11-20-16-7-5-4-6-14(15)16/h4-7,11-13,17-18H,3,8-10H2,1-2H3. The lowest BCUT2D eigenvalue weighted by Crippen LogP contribution is -2.29. The molecular formula is C17H23NOS. The molecule has 3 rings (SSSR count). The third-order valence-corrected chi connectivity index (χ3v) is 5.14. The fraction of sp³-hybridized carbons (Fsp3) is 0.529. The monoisotopic (exact) mass is 289 g/mol. The molecule has 1 aromatic heterocycles. The smallest absolute Gasteiger partial charge is 0.0551 e. The Morgan fingerprint density at radius 1 is 1.40 bits per heavy atom. The van der Waals surface area contributed by atoms with Gasteiger partial charge in [0.05, 0.1) is 12.7 Å². The number of benzene rings is 1. The Kier molecular flexibility index (Phi) is 4.39. The molecule has 1 fully saturated rings. The molecule has 2 nitrogen and oxygen atoms in total. The summed E-state index contributed by atoms with van der Waals surface area (Å²) in [5.74, 6) is 0.592. The zero-order valence-corrected chi connectivity index (χ0v) is 13.1. The van der Waals surface area contributed by atoms with Gasteiger partial charge in [0.2, 0.25) is 0 Å². The average Bonchev–Trinajstić information content (AvgIpc) is 3.07. The van der Waals surface area contributed by atoms with Crippen LogP contribution in [0.3, 0.4) is 0 Å². The quantitative estimate of drug-likeness (QED) is 0.882. The van der Waals surface area contributed by atoms with E-state index < -0.39 is 0 Å². The summed E-state index contributed by atoms with van der Waals surface area (Å²) in [7, 11) is 0. The minimum atomic E-state index is 0.399. The minimum Gasteiger partial charge on any atom is -0.378 e. The van der Waals surface area contributed by atoms with Crippen molar-refractivity contribution in [3.05, 3.63) is 35.2 Å². The van der Waals surface area contributed by atoms with Gasteiger partial charge in [-0.25, -0.2) is 0 Å². The van der Waals surface area contributed by atoms with Gasteiger partial charge in [-0.15, -0.1) is 11.3 Å². The molecule has 0 radical (unpaired) electrons. The van der Waals surface area contributed by atoms with E-state index in [1.54, 1.807) is 0 Å². The molecular weight excluding hydrogens is 266 g/mol. The van der Waals surface area contributed by atoms with Crippen molar-refractivity contribution in [1.82, 2.24) is 5.32 Å². The molecule has 3 unspecified atom stereocenters. The van der Waals surface area contributed by atoms with Crippen molar-refractivity contribution in [2.24, 2.45) is 5.92 Å². The molecule has 1 N–H and O–H groups in total. The van der Waals surface area contributed by atoms with Gasteiger partial charge in [0.25, 0.3) is 0 Å². The molecule has 1 saturated heterocycles. The lowest BCUT2D eigenvalue weighted by atomic mass is 9.90. The van der Waals surface area contributed by atoms with Crippen molar-refractivity contribution in [2.45, 2.75) is 38.8 Å². The number of fused-ring (bicyclic) bond motifs is 1. The maximum absolute atomic E-state index is 5.80. The van der Waals surface area contributed by atoms with Crippen LogP contribution in [0.1, 0.15) is 38.3 Å². The second-order valence-electron chi connectivity index (χ2n) is 5.76. The van der Waals surface area contributed by atoms with Crippen LogP contribution in [0.5, 0.6) is 0 Å². The number of hydrogen-bond donors (Lipinski definition) is 1. The van der Waals surface area contributed by atoms with Crippen LogP contribution in [0.25, 0.3) is 10.1 Å². The number of ether oxygens (including phenoxy) is 1. The highest BCUT2D eigenvalue weighted by Crippen LogP contribution is 2.37. The van der Waals surface area contributed by atoms with Gasteiger partial charge < -0.3 is 10.1 Å². The number of rotatable bonds is 5. The first kappa shape index (κ1) is 14.1. The fourth-order valence-electron chi connectivity index (χ4n) is 3.15. The second-order valence-corrected chi connectivity index (χ2v) is 6.67. The molecule has 0 aliphatic carbocycles. The van der Waals surface area contributed by atoms with E-state index in [-0.39, 0.29) is 0 Å². The Labute approximate surface area is 125 Å². The summed E-state index contributed by atoms with van der Waals surface area (Å²) < 4.78 is 7.19. The molecule has 0 saturated carbocycles. The zero-order chi connectivity index (χ0) is 13.9. The van der Waals surface area contributed by atoms with Gasteiger partial charge in [-0.2, -0.15) is 0 Å². The largest absolute Gasteiger partial charge is 0.378 e. The van der Waals surface area contributed by atoms with Crippen LogP contribution in [-0.4, -0.2) is 19.3 Å². The first-order chi connectivity index (χ1) is 9.79. The van der Waals surface area contributed by atoms with E-state index in [0.717, 1.165) is 19.6 Å². The van der Waals surface area contributed by atoms with Crippen molar-refractivity contribution < 1.29 is 4.74 Å². The van der Waals surface area contributed by atoms with E-state index in [9.17, 15) is 0 Å². The summed E-state index contributed by atoms with van der Waals surface area (Å²) in [6, 6.07) is 9.16. The van der Waals surface area contributed by atoms with E-state index in [4.69, 9.17) is 4.74 Å². The molecule has 3 heteroatoms. The van der Waals surface area contributed by atoms with Crippen LogP contribution in [0.15, 0.2) is 29.6 Å². The second kappa shape index (κ2) is 6.25. The van der Waals surface area contributed by atoms with Gasteiger partial charge in [-0.1, -0.05) is 25.1 Å². The summed E-state index contributed by atoms with van der Waals surface area (Å²) in [4.78, 5) is 0. The Morgan fingerprint density at radius 2 is 2.25 bits per heavy atom. The molecule has 20 heavy (non-hydrogen) atoms. The third-order valence-electron chi connectivity index (χ3n) is 4.16. The van der Waals surface area contributed by atoms with Gasteiger partial charge in [0.15, 0.2) is 0 Å². The van der Waals surface area contributed by atoms with E-state index in [1.165, 1.54) is 22.1 Å². The lowest BCUT2D eigenvalue weighted by molar-refractivity contribution is 0.117. The first-order valence-corrected chi connectivity index (χ1v) is 8.48. The highest BCUT2D eigenvalue weighted by molar-refractivity contribution is 7.17. The van der Waals surface area contributed by atoms with Gasteiger partial charge in [-0.3, -0.25) is 0 Å². The Bertz CT molecular complexity index is 565. The molecule has 1 aliphatic heterocycles. The number of thiophene rings is 1. The number of hydrogen-bond acceptors (Lipinski definition) is 3. The van der Waals surface area contributed by atoms with Crippen molar-refractivity contribution in [3.8, 4) is 0 Å². The average molecular weight is 289 g/mol. The summed E-state index contributed by atoms with van der Waals surface area (Å²) in [5, 5.41) is 7.50. The van der Waals surface area contributed by atoms with Crippen LogP contribution in [0.4, 0.5) is 0 Å². The number of nitrogens with one attached hydrogen (secondary N) is 1. The summed E-state index contributed by atoms with van der Waals surface area (Å²) >= 11 is 1.85. The van der Waals surface area contributed by atoms with Gasteiger partial charge >= 0.3 is 0 Å². The predicted molar refractivity (Wildman–Crippen MR) is 86.4 cm³/mol. The summed E-state index contributed by atoms with van der Waals surface area (Å²) in [5.41, 5.74) is 1.46. The van der Waals surface area contributed by atoms with Gasteiger partial charge in [-0.05, 0) is 48.7 Å². The molecule has 3 atom stereocenters. The van der Waals surface area contributed by atoms with E-state index >= 15 is 0 Å².